The molecule has 0 aliphatic carbocycles. The van der Waals surface area contributed by atoms with E-state index in [-0.39, 0.29) is 0 Å². The summed E-state index contributed by atoms with van der Waals surface area (Å²) in [5, 5.41) is 0. The molecule has 2 rings (SSSR count). The molecule has 1 heterocycles. The number of benzene rings is 1. The minimum Gasteiger partial charge on any atom is -0.441 e. The highest BCUT2D eigenvalue weighted by atomic mass is 79.9. The molecule has 2 nitrogen and oxygen atoms in total. The Morgan fingerprint density at radius 2 is 2.07 bits per heavy atom. The maximum atomic E-state index is 5.45. The van der Waals surface area contributed by atoms with Gasteiger partial charge >= 0.3 is 0 Å². The molecular weight excluding hydrogens is 242 g/mol. The van der Waals surface area contributed by atoms with Gasteiger partial charge in [0, 0.05) is 4.47 Å². The predicted molar refractivity (Wildman–Crippen MR) is 59.1 cm³/mol. The summed E-state index contributed by atoms with van der Waals surface area (Å²) in [6, 6.07) is 6.10. The van der Waals surface area contributed by atoms with E-state index in [2.05, 4.69) is 33.9 Å². The van der Waals surface area contributed by atoms with Crippen LogP contribution in [-0.4, -0.2) is 4.98 Å². The third-order valence-electron chi connectivity index (χ3n) is 1.98. The normalized spacial score (nSPS) is 10.5. The summed E-state index contributed by atoms with van der Waals surface area (Å²) in [5.74, 6) is 1.49. The number of nitrogens with zero attached hydrogens (tertiary/aromatic N) is 1. The Morgan fingerprint density at radius 1 is 1.29 bits per heavy atom. The van der Waals surface area contributed by atoms with Crippen molar-refractivity contribution >= 4 is 15.9 Å². The Hall–Kier alpha value is -1.09. The summed E-state index contributed by atoms with van der Waals surface area (Å²) in [6.07, 6.45) is 1.72. The molecule has 2 aromatic rings. The van der Waals surface area contributed by atoms with Crippen LogP contribution < -0.4 is 0 Å². The van der Waals surface area contributed by atoms with Crippen molar-refractivity contribution in [1.82, 2.24) is 4.98 Å². The fourth-order valence-electron chi connectivity index (χ4n) is 1.27. The largest absolute Gasteiger partial charge is 0.441 e. The van der Waals surface area contributed by atoms with Gasteiger partial charge in [-0.25, -0.2) is 4.98 Å². The van der Waals surface area contributed by atoms with Crippen LogP contribution in [0.5, 0.6) is 0 Å². The lowest BCUT2D eigenvalue weighted by molar-refractivity contribution is 0.542. The van der Waals surface area contributed by atoms with Crippen molar-refractivity contribution in [3.8, 4) is 11.5 Å². The van der Waals surface area contributed by atoms with Gasteiger partial charge in [0.1, 0.15) is 5.76 Å². The number of halogens is 1. The van der Waals surface area contributed by atoms with Gasteiger partial charge in [-0.15, -0.1) is 0 Å². The van der Waals surface area contributed by atoms with Crippen molar-refractivity contribution in [2.45, 2.75) is 13.8 Å². The van der Waals surface area contributed by atoms with Gasteiger partial charge in [0.15, 0.2) is 0 Å². The lowest BCUT2D eigenvalue weighted by atomic mass is 10.1. The number of oxazole rings is 1. The van der Waals surface area contributed by atoms with Crippen LogP contribution in [0.2, 0.25) is 0 Å². The van der Waals surface area contributed by atoms with Crippen LogP contribution in [0.25, 0.3) is 11.5 Å². The van der Waals surface area contributed by atoms with Crippen molar-refractivity contribution in [3.05, 3.63) is 40.2 Å². The van der Waals surface area contributed by atoms with Crippen LogP contribution in [0.4, 0.5) is 0 Å². The van der Waals surface area contributed by atoms with Gasteiger partial charge in [-0.2, -0.15) is 0 Å². The summed E-state index contributed by atoms with van der Waals surface area (Å²) < 4.78 is 6.46. The molecule has 72 valence electrons. The van der Waals surface area contributed by atoms with E-state index >= 15 is 0 Å². The first kappa shape index (κ1) is 9.46. The number of hydrogen-bond donors (Lipinski definition) is 0. The van der Waals surface area contributed by atoms with E-state index in [1.807, 2.05) is 19.1 Å². The molecule has 0 N–H and O–H groups in total. The van der Waals surface area contributed by atoms with Gasteiger partial charge < -0.3 is 4.42 Å². The molecule has 0 fully saturated rings. The lowest BCUT2D eigenvalue weighted by Crippen LogP contribution is -1.80. The SMILES string of the molecule is Cc1ccc(-c2ncc(C)o2)c(Br)c1. The quantitative estimate of drug-likeness (QED) is 0.773. The summed E-state index contributed by atoms with van der Waals surface area (Å²) in [5.41, 5.74) is 2.20. The molecular formula is C11H10BrNO. The summed E-state index contributed by atoms with van der Waals surface area (Å²) in [4.78, 5) is 4.18. The van der Waals surface area contributed by atoms with E-state index in [0.29, 0.717) is 5.89 Å². The first-order valence-electron chi connectivity index (χ1n) is 4.36. The molecule has 0 amide bonds. The van der Waals surface area contributed by atoms with E-state index in [1.165, 1.54) is 5.56 Å². The molecule has 0 bridgehead atoms. The smallest absolute Gasteiger partial charge is 0.227 e. The summed E-state index contributed by atoms with van der Waals surface area (Å²) in [6.45, 7) is 3.94. The fraction of sp³-hybridized carbons (Fsp3) is 0.182. The molecule has 1 aromatic heterocycles. The first-order valence-corrected chi connectivity index (χ1v) is 5.15. The lowest BCUT2D eigenvalue weighted by Gasteiger charge is -2.00. The molecule has 0 unspecified atom stereocenters. The van der Waals surface area contributed by atoms with Crippen LogP contribution in [0.1, 0.15) is 11.3 Å². The standard InChI is InChI=1S/C11H10BrNO/c1-7-3-4-9(10(12)5-7)11-13-6-8(2)14-11/h3-6H,1-2H3. The number of aromatic nitrogens is 1. The minimum atomic E-state index is 0.661. The molecule has 3 heteroatoms. The topological polar surface area (TPSA) is 26.0 Å². The Balaban J connectivity index is 2.52. The van der Waals surface area contributed by atoms with Crippen LogP contribution in [0.3, 0.4) is 0 Å². The maximum absolute atomic E-state index is 5.45. The molecule has 0 atom stereocenters. The third-order valence-corrected chi connectivity index (χ3v) is 2.63. The van der Waals surface area contributed by atoms with Gasteiger partial charge in [-0.3, -0.25) is 0 Å². The first-order chi connectivity index (χ1) is 6.66. The fourth-order valence-corrected chi connectivity index (χ4v) is 1.94. The average Bonchev–Trinajstić information content (AvgIpc) is 2.51. The number of hydrogen-bond acceptors (Lipinski definition) is 2. The second-order valence-electron chi connectivity index (χ2n) is 3.26. The van der Waals surface area contributed by atoms with Crippen molar-refractivity contribution in [2.24, 2.45) is 0 Å². The van der Waals surface area contributed by atoms with E-state index in [9.17, 15) is 0 Å². The van der Waals surface area contributed by atoms with Crippen molar-refractivity contribution < 1.29 is 4.42 Å². The van der Waals surface area contributed by atoms with Crippen molar-refractivity contribution in [1.29, 1.82) is 0 Å². The zero-order valence-electron chi connectivity index (χ0n) is 8.04. The van der Waals surface area contributed by atoms with Crippen LogP contribution in [-0.2, 0) is 0 Å². The van der Waals surface area contributed by atoms with Crippen molar-refractivity contribution in [3.63, 3.8) is 0 Å². The second-order valence-corrected chi connectivity index (χ2v) is 4.11. The molecule has 0 aliphatic rings. The Labute approximate surface area is 91.1 Å². The zero-order chi connectivity index (χ0) is 10.1. The molecule has 0 saturated carbocycles. The van der Waals surface area contributed by atoms with Crippen LogP contribution in [0.15, 0.2) is 33.3 Å². The van der Waals surface area contributed by atoms with Gasteiger partial charge in [0.2, 0.25) is 5.89 Å². The molecule has 0 saturated heterocycles. The molecule has 0 aliphatic heterocycles. The third kappa shape index (κ3) is 1.73. The summed E-state index contributed by atoms with van der Waals surface area (Å²) >= 11 is 3.49. The highest BCUT2D eigenvalue weighted by molar-refractivity contribution is 9.10. The highest BCUT2D eigenvalue weighted by Gasteiger charge is 2.07. The second kappa shape index (κ2) is 3.58. The van der Waals surface area contributed by atoms with Gasteiger partial charge in [0.05, 0.1) is 11.8 Å². The monoisotopic (exact) mass is 251 g/mol. The Morgan fingerprint density at radius 3 is 2.64 bits per heavy atom. The van der Waals surface area contributed by atoms with Crippen LogP contribution in [0, 0.1) is 13.8 Å². The van der Waals surface area contributed by atoms with E-state index in [0.717, 1.165) is 15.8 Å². The van der Waals surface area contributed by atoms with Gasteiger partial charge in [-0.1, -0.05) is 6.07 Å². The van der Waals surface area contributed by atoms with Crippen molar-refractivity contribution in [2.75, 3.05) is 0 Å². The average molecular weight is 252 g/mol. The summed E-state index contributed by atoms with van der Waals surface area (Å²) in [7, 11) is 0. The van der Waals surface area contributed by atoms with Crippen LogP contribution >= 0.6 is 15.9 Å². The zero-order valence-corrected chi connectivity index (χ0v) is 9.63. The highest BCUT2D eigenvalue weighted by Crippen LogP contribution is 2.28. The van der Waals surface area contributed by atoms with E-state index in [1.54, 1.807) is 6.20 Å². The molecule has 14 heavy (non-hydrogen) atoms. The predicted octanol–water partition coefficient (Wildman–Crippen LogP) is 3.72. The van der Waals surface area contributed by atoms with E-state index in [4.69, 9.17) is 4.42 Å². The van der Waals surface area contributed by atoms with Gasteiger partial charge in [-0.05, 0) is 47.5 Å². The number of rotatable bonds is 1. The Bertz CT molecular complexity index is 462. The maximum Gasteiger partial charge on any atom is 0.227 e. The van der Waals surface area contributed by atoms with E-state index < -0.39 is 0 Å². The number of aryl methyl sites for hydroxylation is 2. The molecule has 1 aromatic carbocycles. The van der Waals surface area contributed by atoms with Gasteiger partial charge in [0.25, 0.3) is 0 Å². The minimum absolute atomic E-state index is 0.661. The Kier molecular flexibility index (Phi) is 2.42. The molecule has 0 radical (unpaired) electrons. The molecule has 0 spiro atoms.